The number of benzene rings is 1. The predicted molar refractivity (Wildman–Crippen MR) is 66.2 cm³/mol. The zero-order valence-corrected chi connectivity index (χ0v) is 11.0. The number of hydrogen-bond donors (Lipinski definition) is 1. The molecule has 0 radical (unpaired) electrons. The van der Waals surface area contributed by atoms with Crippen molar-refractivity contribution in [1.29, 1.82) is 0 Å². The summed E-state index contributed by atoms with van der Waals surface area (Å²) in [5, 5.41) is 0. The summed E-state index contributed by atoms with van der Waals surface area (Å²) < 4.78 is 36.6. The predicted octanol–water partition coefficient (Wildman–Crippen LogP) is 1.82. The van der Waals surface area contributed by atoms with E-state index in [1.807, 2.05) is 0 Å². The van der Waals surface area contributed by atoms with E-state index in [4.69, 9.17) is 5.73 Å². The molecule has 1 aromatic carbocycles. The zero-order chi connectivity index (χ0) is 13.1. The lowest BCUT2D eigenvalue weighted by Crippen LogP contribution is -2.04. The van der Waals surface area contributed by atoms with Crippen LogP contribution in [-0.2, 0) is 16.3 Å². The first kappa shape index (κ1) is 14.1. The molecular formula is C12H18FNO2S. The molecule has 17 heavy (non-hydrogen) atoms. The van der Waals surface area contributed by atoms with Crippen molar-refractivity contribution >= 4 is 9.84 Å². The molecule has 0 atom stereocenters. The first-order chi connectivity index (χ1) is 7.86. The molecule has 0 saturated heterocycles. The van der Waals surface area contributed by atoms with E-state index >= 15 is 0 Å². The molecule has 0 amide bonds. The van der Waals surface area contributed by atoms with Crippen molar-refractivity contribution in [1.82, 2.24) is 0 Å². The van der Waals surface area contributed by atoms with Crippen molar-refractivity contribution < 1.29 is 12.8 Å². The second kappa shape index (κ2) is 5.60. The van der Waals surface area contributed by atoms with Crippen LogP contribution in [0.3, 0.4) is 0 Å². The largest absolute Gasteiger partial charge is 0.330 e. The monoisotopic (exact) mass is 259 g/mol. The van der Waals surface area contributed by atoms with Gasteiger partial charge in [-0.25, -0.2) is 12.8 Å². The van der Waals surface area contributed by atoms with E-state index in [9.17, 15) is 12.8 Å². The topological polar surface area (TPSA) is 60.2 Å². The summed E-state index contributed by atoms with van der Waals surface area (Å²) in [6.07, 6.45) is 3.23. The minimum atomic E-state index is -3.29. The van der Waals surface area contributed by atoms with E-state index in [0.29, 0.717) is 24.1 Å². The fourth-order valence-corrected chi connectivity index (χ4v) is 2.75. The normalized spacial score (nSPS) is 11.8. The van der Waals surface area contributed by atoms with Crippen LogP contribution in [-0.4, -0.2) is 21.2 Å². The van der Waals surface area contributed by atoms with Crippen LogP contribution in [0.25, 0.3) is 0 Å². The number of rotatable bonds is 5. The SMILES string of the molecule is Cc1cc(F)c(CCCCN)cc1S(C)(=O)=O. The molecular weight excluding hydrogens is 241 g/mol. The third kappa shape index (κ3) is 3.78. The van der Waals surface area contributed by atoms with Crippen LogP contribution >= 0.6 is 0 Å². The van der Waals surface area contributed by atoms with Crippen LogP contribution in [0.1, 0.15) is 24.0 Å². The third-order valence-corrected chi connectivity index (χ3v) is 3.88. The van der Waals surface area contributed by atoms with Crippen molar-refractivity contribution in [3.63, 3.8) is 0 Å². The standard InChI is InChI=1S/C12H18FNO2S/c1-9-7-11(13)10(5-3-4-6-14)8-12(9)17(2,15)16/h7-8H,3-6,14H2,1-2H3. The Kier molecular flexibility index (Phi) is 4.65. The van der Waals surface area contributed by atoms with Gasteiger partial charge in [0.25, 0.3) is 0 Å². The van der Waals surface area contributed by atoms with E-state index in [1.165, 1.54) is 12.1 Å². The van der Waals surface area contributed by atoms with Gasteiger partial charge < -0.3 is 5.73 Å². The van der Waals surface area contributed by atoms with Gasteiger partial charge in [-0.1, -0.05) is 0 Å². The summed E-state index contributed by atoms with van der Waals surface area (Å²) in [6.45, 7) is 2.16. The second-order valence-electron chi connectivity index (χ2n) is 4.23. The van der Waals surface area contributed by atoms with Gasteiger partial charge >= 0.3 is 0 Å². The van der Waals surface area contributed by atoms with Crippen LogP contribution in [0.5, 0.6) is 0 Å². The van der Waals surface area contributed by atoms with E-state index in [2.05, 4.69) is 0 Å². The summed E-state index contributed by atoms with van der Waals surface area (Å²) in [6, 6.07) is 2.73. The number of aryl methyl sites for hydroxylation is 2. The Bertz CT molecular complexity index is 497. The van der Waals surface area contributed by atoms with Crippen LogP contribution < -0.4 is 5.73 Å². The van der Waals surface area contributed by atoms with Gasteiger partial charge in [0.2, 0.25) is 0 Å². The molecule has 2 N–H and O–H groups in total. The van der Waals surface area contributed by atoms with Gasteiger partial charge in [-0.2, -0.15) is 0 Å². The summed E-state index contributed by atoms with van der Waals surface area (Å²) in [5.41, 5.74) is 6.26. The molecule has 0 aliphatic heterocycles. The lowest BCUT2D eigenvalue weighted by atomic mass is 10.1. The molecule has 96 valence electrons. The maximum atomic E-state index is 13.6. The van der Waals surface area contributed by atoms with Gasteiger partial charge in [0, 0.05) is 6.26 Å². The molecule has 0 aliphatic rings. The Morgan fingerprint density at radius 2 is 1.94 bits per heavy atom. The van der Waals surface area contributed by atoms with Crippen molar-refractivity contribution in [2.75, 3.05) is 12.8 Å². The number of unbranched alkanes of at least 4 members (excludes halogenated alkanes) is 1. The smallest absolute Gasteiger partial charge is 0.175 e. The Hall–Kier alpha value is -0.940. The van der Waals surface area contributed by atoms with Gasteiger partial charge in [0.15, 0.2) is 9.84 Å². The van der Waals surface area contributed by atoms with Gasteiger partial charge in [-0.05, 0) is 56.0 Å². The van der Waals surface area contributed by atoms with E-state index < -0.39 is 9.84 Å². The highest BCUT2D eigenvalue weighted by Crippen LogP contribution is 2.21. The highest BCUT2D eigenvalue weighted by molar-refractivity contribution is 7.90. The Labute approximate surface area is 102 Å². The van der Waals surface area contributed by atoms with Gasteiger partial charge in [0.1, 0.15) is 5.82 Å². The summed E-state index contributed by atoms with van der Waals surface area (Å²) in [7, 11) is -3.29. The highest BCUT2D eigenvalue weighted by atomic mass is 32.2. The fraction of sp³-hybridized carbons (Fsp3) is 0.500. The molecule has 5 heteroatoms. The number of nitrogens with two attached hydrogens (primary N) is 1. The molecule has 0 bridgehead atoms. The lowest BCUT2D eigenvalue weighted by molar-refractivity contribution is 0.590. The van der Waals surface area contributed by atoms with Crippen molar-refractivity contribution in [3.05, 3.63) is 29.1 Å². The maximum absolute atomic E-state index is 13.6. The van der Waals surface area contributed by atoms with Crippen molar-refractivity contribution in [2.45, 2.75) is 31.1 Å². The van der Waals surface area contributed by atoms with Gasteiger partial charge in [-0.15, -0.1) is 0 Å². The molecule has 0 aromatic heterocycles. The fourth-order valence-electron chi connectivity index (χ4n) is 1.75. The van der Waals surface area contributed by atoms with Crippen LogP contribution in [0.2, 0.25) is 0 Å². The Balaban J connectivity index is 3.07. The second-order valence-corrected chi connectivity index (χ2v) is 6.21. The maximum Gasteiger partial charge on any atom is 0.175 e. The van der Waals surface area contributed by atoms with Gasteiger partial charge in [-0.3, -0.25) is 0 Å². The third-order valence-electron chi connectivity index (χ3n) is 2.64. The Morgan fingerprint density at radius 3 is 2.47 bits per heavy atom. The summed E-state index contributed by atoms with van der Waals surface area (Å²) in [5.74, 6) is -0.341. The van der Waals surface area contributed by atoms with Crippen molar-refractivity contribution in [2.24, 2.45) is 5.73 Å². The molecule has 3 nitrogen and oxygen atoms in total. The molecule has 0 aliphatic carbocycles. The molecule has 0 spiro atoms. The highest BCUT2D eigenvalue weighted by Gasteiger charge is 2.14. The lowest BCUT2D eigenvalue weighted by Gasteiger charge is -2.08. The average molecular weight is 259 g/mol. The molecule has 1 aromatic rings. The Morgan fingerprint density at radius 1 is 1.29 bits per heavy atom. The molecule has 0 fully saturated rings. The first-order valence-electron chi connectivity index (χ1n) is 5.55. The summed E-state index contributed by atoms with van der Waals surface area (Å²) >= 11 is 0. The van der Waals surface area contributed by atoms with E-state index in [-0.39, 0.29) is 10.7 Å². The first-order valence-corrected chi connectivity index (χ1v) is 7.44. The van der Waals surface area contributed by atoms with Crippen LogP contribution in [0, 0.1) is 12.7 Å². The quantitative estimate of drug-likeness (QED) is 0.648. The number of sulfone groups is 1. The molecule has 0 heterocycles. The number of halogens is 1. The molecule has 0 saturated carbocycles. The van der Waals surface area contributed by atoms with Crippen LogP contribution in [0.4, 0.5) is 4.39 Å². The zero-order valence-electron chi connectivity index (χ0n) is 10.2. The van der Waals surface area contributed by atoms with E-state index in [0.717, 1.165) is 19.1 Å². The van der Waals surface area contributed by atoms with Crippen LogP contribution in [0.15, 0.2) is 17.0 Å². The average Bonchev–Trinajstić information content (AvgIpc) is 2.19. The van der Waals surface area contributed by atoms with Gasteiger partial charge in [0.05, 0.1) is 4.90 Å². The van der Waals surface area contributed by atoms with Crippen molar-refractivity contribution in [3.8, 4) is 0 Å². The summed E-state index contributed by atoms with van der Waals surface area (Å²) in [4.78, 5) is 0.210. The minimum Gasteiger partial charge on any atom is -0.330 e. The minimum absolute atomic E-state index is 0.210. The van der Waals surface area contributed by atoms with E-state index in [1.54, 1.807) is 6.92 Å². The molecule has 1 rings (SSSR count). The molecule has 0 unspecified atom stereocenters. The number of hydrogen-bond acceptors (Lipinski definition) is 3.